The summed E-state index contributed by atoms with van der Waals surface area (Å²) in [6.45, 7) is 19.7. The molecule has 0 radical (unpaired) electrons. The summed E-state index contributed by atoms with van der Waals surface area (Å²) in [5.41, 5.74) is 0.816. The summed E-state index contributed by atoms with van der Waals surface area (Å²) < 4.78 is 12.2. The van der Waals surface area contributed by atoms with Crippen LogP contribution >= 0.6 is 0 Å². The molecule has 284 valence electrons. The van der Waals surface area contributed by atoms with Crippen molar-refractivity contribution in [1.29, 1.82) is 0 Å². The highest BCUT2D eigenvalue weighted by molar-refractivity contribution is 5.93. The van der Waals surface area contributed by atoms with Gasteiger partial charge in [-0.2, -0.15) is 0 Å². The zero-order valence-electron chi connectivity index (χ0n) is 32.9. The van der Waals surface area contributed by atoms with E-state index in [0.29, 0.717) is 24.0 Å². The van der Waals surface area contributed by atoms with Gasteiger partial charge in [-0.25, -0.2) is 0 Å². The zero-order chi connectivity index (χ0) is 37.1. The Hall–Kier alpha value is -2.22. The molecular weight excluding hydrogens is 642 g/mol. The third-order valence-corrected chi connectivity index (χ3v) is 16.8. The lowest BCUT2D eigenvalue weighted by Gasteiger charge is -2.70. The number of carbonyl (C=O) groups is 4. The summed E-state index contributed by atoms with van der Waals surface area (Å²) in [4.78, 5) is 53.0. The number of hydrogen-bond donors (Lipinski definition) is 2. The van der Waals surface area contributed by atoms with Gasteiger partial charge in [0.1, 0.15) is 11.9 Å². The normalized spacial score (nSPS) is 44.3. The molecule has 10 atom stereocenters. The largest absolute Gasteiger partial charge is 0.481 e. The highest BCUT2D eigenvalue weighted by atomic mass is 16.5. The highest BCUT2D eigenvalue weighted by Crippen LogP contribution is 2.75. The molecule has 2 aliphatic heterocycles. The second-order valence-corrected chi connectivity index (χ2v) is 20.6. The van der Waals surface area contributed by atoms with E-state index in [1.165, 1.54) is 11.1 Å². The van der Waals surface area contributed by atoms with E-state index >= 15 is 0 Å². The molecule has 2 bridgehead atoms. The molecule has 8 heteroatoms. The smallest absolute Gasteiger partial charge is 0.309 e. The molecular formula is C43H65NO7. The van der Waals surface area contributed by atoms with E-state index in [-0.39, 0.29) is 70.1 Å². The van der Waals surface area contributed by atoms with Gasteiger partial charge < -0.3 is 19.9 Å². The minimum atomic E-state index is -1.16. The van der Waals surface area contributed by atoms with Crippen LogP contribution in [0.3, 0.4) is 0 Å². The van der Waals surface area contributed by atoms with Crippen molar-refractivity contribution in [2.45, 2.75) is 176 Å². The van der Waals surface area contributed by atoms with E-state index in [4.69, 9.17) is 9.47 Å². The monoisotopic (exact) mass is 707 g/mol. The Kier molecular flexibility index (Phi) is 8.84. The maximum absolute atomic E-state index is 14.1. The first-order valence-electron chi connectivity index (χ1n) is 20.4. The number of fused-ring (bicyclic) bond motifs is 8. The average molecular weight is 708 g/mol. The molecule has 5 aliphatic carbocycles. The molecule has 2 N–H and O–H groups in total. The Balaban J connectivity index is 1.18. The Labute approximate surface area is 306 Å². The minimum Gasteiger partial charge on any atom is -0.481 e. The molecule has 0 spiro atoms. The summed E-state index contributed by atoms with van der Waals surface area (Å²) in [5.74, 6) is -0.130. The number of ketones is 1. The van der Waals surface area contributed by atoms with Crippen molar-refractivity contribution in [3.8, 4) is 0 Å². The Morgan fingerprint density at radius 3 is 2.22 bits per heavy atom. The summed E-state index contributed by atoms with van der Waals surface area (Å²) in [6, 6.07) is 0. The number of rotatable bonds is 7. The molecule has 0 aromatic carbocycles. The number of aliphatic carboxylic acids is 1. The van der Waals surface area contributed by atoms with Gasteiger partial charge in [0.25, 0.3) is 0 Å². The van der Waals surface area contributed by atoms with Crippen molar-refractivity contribution in [2.24, 2.45) is 56.7 Å². The number of allylic oxidation sites excluding steroid dienone is 1. The number of amides is 1. The van der Waals surface area contributed by atoms with Crippen molar-refractivity contribution >= 4 is 23.6 Å². The first-order chi connectivity index (χ1) is 23.7. The first kappa shape index (κ1) is 37.1. The lowest BCUT2D eigenvalue weighted by Crippen LogP contribution is -2.65. The molecule has 0 aromatic rings. The van der Waals surface area contributed by atoms with Gasteiger partial charge in [0.2, 0.25) is 5.91 Å². The molecule has 8 nitrogen and oxygen atoms in total. The van der Waals surface area contributed by atoms with Gasteiger partial charge >= 0.3 is 11.9 Å². The Bertz CT molecular complexity index is 1520. The van der Waals surface area contributed by atoms with E-state index < -0.39 is 22.9 Å². The van der Waals surface area contributed by atoms with E-state index in [1.807, 2.05) is 0 Å². The van der Waals surface area contributed by atoms with Crippen molar-refractivity contribution < 1.29 is 33.8 Å². The van der Waals surface area contributed by atoms with E-state index in [1.54, 1.807) is 13.8 Å². The van der Waals surface area contributed by atoms with Crippen molar-refractivity contribution in [1.82, 2.24) is 5.32 Å². The fourth-order valence-electron chi connectivity index (χ4n) is 13.9. The van der Waals surface area contributed by atoms with Crippen LogP contribution in [0.25, 0.3) is 0 Å². The molecule has 2 saturated heterocycles. The molecule has 4 saturated carbocycles. The number of ether oxygens (including phenoxy) is 2. The number of hydrogen-bond acceptors (Lipinski definition) is 6. The molecule has 7 aliphatic rings. The lowest BCUT2D eigenvalue weighted by atomic mass is 9.34. The Morgan fingerprint density at radius 2 is 1.59 bits per heavy atom. The summed E-state index contributed by atoms with van der Waals surface area (Å²) >= 11 is 0. The Morgan fingerprint density at radius 1 is 0.922 bits per heavy atom. The van der Waals surface area contributed by atoms with Gasteiger partial charge in [-0.15, -0.1) is 0 Å². The fourth-order valence-corrected chi connectivity index (χ4v) is 13.9. The minimum absolute atomic E-state index is 0.0349. The summed E-state index contributed by atoms with van der Waals surface area (Å²) in [7, 11) is 0. The molecule has 51 heavy (non-hydrogen) atoms. The number of Topliss-reactive ketones (excluding diaryl/α,β-unsaturated/α-hetero) is 1. The molecule has 0 aromatic heterocycles. The standard InChI is InChI=1S/C43H65NO7/c1-24(2)34-29(45)22-43(44-36(47)25-20-26-10-11-27(21-25)50-26)19-18-41(8)28(35(34)43)12-13-31-40(7)16-15-32(51-33(46)23-38(3,4)37(48)49)39(5,6)30(40)14-17-42(31,41)9/h24-27,30-32,34H,10-23H2,1-9H3,(H,44,47)(H,48,49)/t25?,26?,27?,30?,31?,32-,34?,40-,41+,42+,43+/m0/s1. The maximum Gasteiger partial charge on any atom is 0.309 e. The topological polar surface area (TPSA) is 119 Å². The van der Waals surface area contributed by atoms with Crippen LogP contribution in [0.15, 0.2) is 11.1 Å². The quantitative estimate of drug-likeness (QED) is 0.202. The van der Waals surface area contributed by atoms with Crippen molar-refractivity contribution in [3.63, 3.8) is 0 Å². The average Bonchev–Trinajstić information content (AvgIpc) is 3.52. The van der Waals surface area contributed by atoms with Crippen LogP contribution in [0.5, 0.6) is 0 Å². The molecule has 2 heterocycles. The van der Waals surface area contributed by atoms with E-state index in [0.717, 1.165) is 77.0 Å². The maximum atomic E-state index is 14.1. The molecule has 7 rings (SSSR count). The van der Waals surface area contributed by atoms with Crippen LogP contribution in [0.2, 0.25) is 0 Å². The number of carboxylic acid groups (broad SMARTS) is 1. The third kappa shape index (κ3) is 5.51. The van der Waals surface area contributed by atoms with Crippen molar-refractivity contribution in [2.75, 3.05) is 0 Å². The van der Waals surface area contributed by atoms with Crippen LogP contribution < -0.4 is 5.32 Å². The van der Waals surface area contributed by atoms with Gasteiger partial charge in [-0.3, -0.25) is 19.2 Å². The molecule has 6 fully saturated rings. The second kappa shape index (κ2) is 12.1. The van der Waals surface area contributed by atoms with E-state index in [9.17, 15) is 24.3 Å². The third-order valence-electron chi connectivity index (χ3n) is 16.8. The SMILES string of the molecule is CC(C)C1C(=O)C[C@]2(NC(=O)C3CC4CCC(C3)O4)CC[C@]3(C)C(=C12)CCC1[C@@]2(C)CC[C@H](OC(=O)CC(C)(C)C(=O)O)C(C)(C)C2CC[C@]13C. The van der Waals surface area contributed by atoms with Crippen LogP contribution in [-0.4, -0.2) is 52.6 Å². The predicted molar refractivity (Wildman–Crippen MR) is 194 cm³/mol. The molecule has 1 amide bonds. The van der Waals surface area contributed by atoms with Crippen LogP contribution in [0.1, 0.15) is 152 Å². The lowest BCUT2D eigenvalue weighted by molar-refractivity contribution is -0.214. The number of carbonyl (C=O) groups excluding carboxylic acids is 3. The van der Waals surface area contributed by atoms with Gasteiger partial charge in [0, 0.05) is 23.7 Å². The predicted octanol–water partition coefficient (Wildman–Crippen LogP) is 8.21. The fraction of sp³-hybridized carbons (Fsp3) is 0.860. The van der Waals surface area contributed by atoms with Gasteiger partial charge in [0.15, 0.2) is 0 Å². The highest BCUT2D eigenvalue weighted by Gasteiger charge is 2.69. The number of nitrogens with one attached hydrogen (secondary N) is 1. The van der Waals surface area contributed by atoms with Gasteiger partial charge in [-0.05, 0) is 130 Å². The number of carboxylic acids is 1. The van der Waals surface area contributed by atoms with Crippen LogP contribution in [0, 0.1) is 56.7 Å². The zero-order valence-corrected chi connectivity index (χ0v) is 32.9. The van der Waals surface area contributed by atoms with Crippen molar-refractivity contribution in [3.05, 3.63) is 11.1 Å². The first-order valence-corrected chi connectivity index (χ1v) is 20.4. The number of esters is 1. The second-order valence-electron chi connectivity index (χ2n) is 20.6. The van der Waals surface area contributed by atoms with Gasteiger partial charge in [-0.1, -0.05) is 54.0 Å². The van der Waals surface area contributed by atoms with Crippen LogP contribution in [-0.2, 0) is 28.7 Å². The summed E-state index contributed by atoms with van der Waals surface area (Å²) in [5, 5.41) is 13.2. The van der Waals surface area contributed by atoms with E-state index in [2.05, 4.69) is 53.8 Å². The molecule has 5 unspecified atom stereocenters. The summed E-state index contributed by atoms with van der Waals surface area (Å²) in [6.07, 6.45) is 11.8. The van der Waals surface area contributed by atoms with Gasteiger partial charge in [0.05, 0.1) is 29.6 Å². The van der Waals surface area contributed by atoms with Crippen LogP contribution in [0.4, 0.5) is 0 Å².